The fourth-order valence-corrected chi connectivity index (χ4v) is 6.90. The Bertz CT molecular complexity index is 1450. The monoisotopic (exact) mass is 521 g/mol. The molecule has 5 rings (SSSR count). The summed E-state index contributed by atoms with van der Waals surface area (Å²) in [6.07, 6.45) is 4.30. The van der Waals surface area contributed by atoms with E-state index < -0.39 is 22.1 Å². The van der Waals surface area contributed by atoms with E-state index >= 15 is 0 Å². The zero-order chi connectivity index (χ0) is 25.1. The maximum Gasteiger partial charge on any atom is 0.244 e. The van der Waals surface area contributed by atoms with E-state index in [0.717, 1.165) is 34.9 Å². The van der Waals surface area contributed by atoms with Gasteiger partial charge in [-0.15, -0.1) is 0 Å². The van der Waals surface area contributed by atoms with Crippen LogP contribution in [0.1, 0.15) is 36.4 Å². The number of halogens is 1. The molecular formula is C28H28ClN3O3S. The van der Waals surface area contributed by atoms with Crippen LogP contribution < -0.4 is 5.32 Å². The summed E-state index contributed by atoms with van der Waals surface area (Å²) in [6.45, 7) is 0.542. The third-order valence-corrected chi connectivity index (χ3v) is 8.95. The van der Waals surface area contributed by atoms with Crippen LogP contribution in [0, 0.1) is 0 Å². The highest BCUT2D eigenvalue weighted by Gasteiger charge is 2.42. The summed E-state index contributed by atoms with van der Waals surface area (Å²) in [5, 5.41) is 4.32. The average Bonchev–Trinajstić information content (AvgIpc) is 3.20. The predicted octanol–water partition coefficient (Wildman–Crippen LogP) is 5.46. The predicted molar refractivity (Wildman–Crippen MR) is 142 cm³/mol. The first-order valence-corrected chi connectivity index (χ1v) is 13.9. The smallest absolute Gasteiger partial charge is 0.244 e. The van der Waals surface area contributed by atoms with Gasteiger partial charge in [-0.2, -0.15) is 4.31 Å². The van der Waals surface area contributed by atoms with Crippen molar-refractivity contribution in [2.75, 3.05) is 6.54 Å². The number of nitrogens with zero attached hydrogens (tertiary/aromatic N) is 1. The number of aromatic nitrogens is 1. The molecule has 2 unspecified atom stereocenters. The van der Waals surface area contributed by atoms with Crippen LogP contribution in [0.2, 0.25) is 5.02 Å². The second-order valence-corrected chi connectivity index (χ2v) is 11.4. The van der Waals surface area contributed by atoms with Crippen LogP contribution in [0.4, 0.5) is 0 Å². The molecule has 0 radical (unpaired) electrons. The van der Waals surface area contributed by atoms with E-state index in [-0.39, 0.29) is 10.8 Å². The van der Waals surface area contributed by atoms with Crippen LogP contribution in [0.15, 0.2) is 90.0 Å². The molecule has 0 aliphatic carbocycles. The van der Waals surface area contributed by atoms with Crippen molar-refractivity contribution in [1.82, 2.24) is 14.6 Å². The number of H-pyrrole nitrogens is 1. The Morgan fingerprint density at radius 1 is 0.944 bits per heavy atom. The topological polar surface area (TPSA) is 82.3 Å². The number of sulfonamides is 1. The van der Waals surface area contributed by atoms with Gasteiger partial charge >= 0.3 is 0 Å². The summed E-state index contributed by atoms with van der Waals surface area (Å²) < 4.78 is 30.2. The summed E-state index contributed by atoms with van der Waals surface area (Å²) in [7, 11) is -4.08. The van der Waals surface area contributed by atoms with Crippen molar-refractivity contribution in [3.05, 3.63) is 101 Å². The highest BCUT2D eigenvalue weighted by Crippen LogP contribution is 2.38. The molecule has 3 aromatic carbocycles. The summed E-state index contributed by atoms with van der Waals surface area (Å²) in [6, 6.07) is 22.3. The molecule has 1 aromatic heterocycles. The first-order valence-electron chi connectivity index (χ1n) is 12.1. The van der Waals surface area contributed by atoms with Crippen LogP contribution in [0.5, 0.6) is 0 Å². The molecule has 0 spiro atoms. The molecule has 1 fully saturated rings. The summed E-state index contributed by atoms with van der Waals surface area (Å²) in [5.74, 6) is -0.261. The molecule has 6 nitrogen and oxygen atoms in total. The van der Waals surface area contributed by atoms with Crippen LogP contribution in [-0.4, -0.2) is 36.2 Å². The lowest BCUT2D eigenvalue weighted by Gasteiger charge is -2.36. The van der Waals surface area contributed by atoms with Crippen LogP contribution >= 0.6 is 11.6 Å². The lowest BCUT2D eigenvalue weighted by atomic mass is 9.96. The van der Waals surface area contributed by atoms with E-state index in [1.165, 1.54) is 16.4 Å². The molecular weight excluding hydrogens is 494 g/mol. The van der Waals surface area contributed by atoms with Gasteiger partial charge in [0.05, 0.1) is 10.9 Å². The normalized spacial score (nSPS) is 17.6. The van der Waals surface area contributed by atoms with Crippen LogP contribution in [0.3, 0.4) is 0 Å². The van der Waals surface area contributed by atoms with E-state index in [1.807, 2.05) is 60.8 Å². The van der Waals surface area contributed by atoms with Gasteiger partial charge in [0.15, 0.2) is 0 Å². The van der Waals surface area contributed by atoms with E-state index in [1.54, 1.807) is 12.1 Å². The Balaban J connectivity index is 1.72. The second-order valence-electron chi connectivity index (χ2n) is 9.09. The number of hydrogen-bond acceptors (Lipinski definition) is 3. The molecule has 2 heterocycles. The number of nitrogens with one attached hydrogen (secondary N) is 2. The molecule has 2 atom stereocenters. The minimum absolute atomic E-state index is 0.113. The van der Waals surface area contributed by atoms with Crippen molar-refractivity contribution in [2.45, 2.75) is 42.7 Å². The van der Waals surface area contributed by atoms with Gasteiger partial charge in [0.2, 0.25) is 15.9 Å². The number of amides is 1. The molecule has 8 heteroatoms. The van der Waals surface area contributed by atoms with Crippen molar-refractivity contribution in [3.8, 4) is 0 Å². The lowest BCUT2D eigenvalue weighted by Crippen LogP contribution is -2.50. The Hall–Kier alpha value is -3.13. The van der Waals surface area contributed by atoms with Gasteiger partial charge in [-0.25, -0.2) is 8.42 Å². The molecule has 1 saturated heterocycles. The van der Waals surface area contributed by atoms with Gasteiger partial charge in [0.1, 0.15) is 6.04 Å². The largest absolute Gasteiger partial charge is 0.361 e. The van der Waals surface area contributed by atoms with Crippen molar-refractivity contribution >= 4 is 38.4 Å². The zero-order valence-electron chi connectivity index (χ0n) is 19.7. The third-order valence-electron chi connectivity index (χ3n) is 6.76. The van der Waals surface area contributed by atoms with E-state index in [0.29, 0.717) is 24.4 Å². The SMILES string of the molecule is O=C1NCCCCC1N(C(Cc1ccccc1)c1c[nH]c2ccccc12)S(=O)(=O)c1ccc(Cl)cc1. The molecule has 4 aromatic rings. The number of para-hydroxylation sites is 1. The molecule has 0 saturated carbocycles. The van der Waals surface area contributed by atoms with Crippen LogP contribution in [0.25, 0.3) is 10.9 Å². The molecule has 1 aliphatic rings. The number of carbonyl (C=O) groups is 1. The van der Waals surface area contributed by atoms with Gasteiger partial charge in [0.25, 0.3) is 0 Å². The van der Waals surface area contributed by atoms with Gasteiger partial charge < -0.3 is 10.3 Å². The standard InChI is InChI=1S/C28H28ClN3O3S/c29-21-13-15-22(16-14-21)36(34,35)32(26-12-6-7-17-30-28(26)33)27(18-20-8-2-1-3-9-20)24-19-31-25-11-5-4-10-23(24)25/h1-5,8-11,13-16,19,26-27,31H,6-7,12,17-18H2,(H,30,33). The van der Waals surface area contributed by atoms with Gasteiger partial charge in [-0.1, -0.05) is 60.1 Å². The molecule has 1 amide bonds. The van der Waals surface area contributed by atoms with Crippen molar-refractivity contribution < 1.29 is 13.2 Å². The molecule has 36 heavy (non-hydrogen) atoms. The van der Waals surface area contributed by atoms with Gasteiger partial charge in [-0.05, 0) is 67.1 Å². The minimum atomic E-state index is -4.08. The number of fused-ring (bicyclic) bond motifs is 1. The molecule has 2 N–H and O–H groups in total. The Morgan fingerprint density at radius 3 is 2.44 bits per heavy atom. The Morgan fingerprint density at radius 2 is 1.67 bits per heavy atom. The fourth-order valence-electron chi connectivity index (χ4n) is 4.99. The van der Waals surface area contributed by atoms with Crippen molar-refractivity contribution in [3.63, 3.8) is 0 Å². The average molecular weight is 522 g/mol. The quantitative estimate of drug-likeness (QED) is 0.338. The lowest BCUT2D eigenvalue weighted by molar-refractivity contribution is -0.125. The molecule has 1 aliphatic heterocycles. The first kappa shape index (κ1) is 24.6. The number of hydrogen-bond donors (Lipinski definition) is 2. The van der Waals surface area contributed by atoms with Gasteiger partial charge in [0, 0.05) is 28.7 Å². The molecule has 186 valence electrons. The number of carbonyl (C=O) groups excluding carboxylic acids is 1. The summed E-state index contributed by atoms with van der Waals surface area (Å²) in [4.78, 5) is 16.7. The highest BCUT2D eigenvalue weighted by atomic mass is 35.5. The highest BCUT2D eigenvalue weighted by molar-refractivity contribution is 7.89. The third kappa shape index (κ3) is 4.91. The number of rotatable bonds is 7. The van der Waals surface area contributed by atoms with Crippen molar-refractivity contribution in [1.29, 1.82) is 0 Å². The van der Waals surface area contributed by atoms with E-state index in [2.05, 4.69) is 10.3 Å². The summed E-state index contributed by atoms with van der Waals surface area (Å²) >= 11 is 6.07. The Kier molecular flexibility index (Phi) is 7.14. The van der Waals surface area contributed by atoms with Gasteiger partial charge in [-0.3, -0.25) is 4.79 Å². The fraction of sp³-hybridized carbons (Fsp3) is 0.250. The summed E-state index contributed by atoms with van der Waals surface area (Å²) in [5.41, 5.74) is 2.74. The van der Waals surface area contributed by atoms with Crippen molar-refractivity contribution in [2.24, 2.45) is 0 Å². The van der Waals surface area contributed by atoms with Crippen LogP contribution in [-0.2, 0) is 21.2 Å². The second kappa shape index (κ2) is 10.5. The number of benzene rings is 3. The minimum Gasteiger partial charge on any atom is -0.361 e. The molecule has 0 bridgehead atoms. The number of aromatic amines is 1. The van der Waals surface area contributed by atoms with E-state index in [4.69, 9.17) is 11.6 Å². The zero-order valence-corrected chi connectivity index (χ0v) is 21.3. The Labute approximate surface area is 216 Å². The maximum atomic E-state index is 14.4. The van der Waals surface area contributed by atoms with E-state index in [9.17, 15) is 13.2 Å². The maximum absolute atomic E-state index is 14.4. The first-order chi connectivity index (χ1) is 17.4.